The van der Waals surface area contributed by atoms with Gasteiger partial charge in [0.1, 0.15) is 6.61 Å². The summed E-state index contributed by atoms with van der Waals surface area (Å²) in [6.07, 6.45) is 0.0438. The lowest BCUT2D eigenvalue weighted by Gasteiger charge is -2.16. The maximum absolute atomic E-state index is 11.8. The first-order chi connectivity index (χ1) is 11.6. The summed E-state index contributed by atoms with van der Waals surface area (Å²) in [4.78, 5) is 22.8. The number of nitrogens with one attached hydrogen (secondary N) is 1. The fourth-order valence-electron chi connectivity index (χ4n) is 2.41. The Labute approximate surface area is 141 Å². The molecule has 0 aliphatic rings. The van der Waals surface area contributed by atoms with Gasteiger partial charge in [-0.1, -0.05) is 60.7 Å². The van der Waals surface area contributed by atoms with Crippen molar-refractivity contribution in [2.75, 3.05) is 6.54 Å². The Hall–Kier alpha value is -2.82. The maximum Gasteiger partial charge on any atom is 0.407 e. The van der Waals surface area contributed by atoms with Gasteiger partial charge < -0.3 is 15.2 Å². The van der Waals surface area contributed by atoms with Gasteiger partial charge in [-0.25, -0.2) is 4.79 Å². The average Bonchev–Trinajstić information content (AvgIpc) is 2.59. The number of amides is 1. The molecule has 5 nitrogen and oxygen atoms in total. The van der Waals surface area contributed by atoms with Crippen molar-refractivity contribution < 1.29 is 19.4 Å². The van der Waals surface area contributed by atoms with E-state index < -0.39 is 12.1 Å². The third-order valence-corrected chi connectivity index (χ3v) is 3.58. The minimum Gasteiger partial charge on any atom is -0.481 e. The van der Waals surface area contributed by atoms with Gasteiger partial charge in [-0.3, -0.25) is 4.79 Å². The molecule has 0 aliphatic heterocycles. The van der Waals surface area contributed by atoms with E-state index in [1.807, 2.05) is 60.7 Å². The first-order valence-electron chi connectivity index (χ1n) is 7.83. The highest BCUT2D eigenvalue weighted by Gasteiger charge is 2.15. The van der Waals surface area contributed by atoms with Crippen LogP contribution in [-0.2, 0) is 22.6 Å². The topological polar surface area (TPSA) is 75.6 Å². The molecule has 2 N–H and O–H groups in total. The Bertz CT molecular complexity index is 643. The van der Waals surface area contributed by atoms with Crippen molar-refractivity contribution in [3.8, 4) is 0 Å². The molecule has 1 unspecified atom stereocenters. The Kier molecular flexibility index (Phi) is 6.83. The van der Waals surface area contributed by atoms with Gasteiger partial charge in [-0.15, -0.1) is 0 Å². The van der Waals surface area contributed by atoms with Crippen LogP contribution in [0.5, 0.6) is 0 Å². The quantitative estimate of drug-likeness (QED) is 0.780. The molecule has 0 heterocycles. The summed E-state index contributed by atoms with van der Waals surface area (Å²) < 4.78 is 5.14. The Morgan fingerprint density at radius 1 is 0.958 bits per heavy atom. The van der Waals surface area contributed by atoms with Gasteiger partial charge in [0.05, 0.1) is 6.42 Å². The van der Waals surface area contributed by atoms with E-state index >= 15 is 0 Å². The number of hydrogen-bond donors (Lipinski definition) is 2. The van der Waals surface area contributed by atoms with Crippen molar-refractivity contribution >= 4 is 12.1 Å². The zero-order valence-corrected chi connectivity index (χ0v) is 13.4. The molecule has 0 saturated heterocycles. The SMILES string of the molecule is O=C(O)CC(CNC(=O)OCc1ccccc1)Cc1ccccc1. The average molecular weight is 327 g/mol. The van der Waals surface area contributed by atoms with Gasteiger partial charge in [0.2, 0.25) is 0 Å². The van der Waals surface area contributed by atoms with E-state index in [0.29, 0.717) is 6.42 Å². The maximum atomic E-state index is 11.8. The van der Waals surface area contributed by atoms with Crippen LogP contribution in [0, 0.1) is 5.92 Å². The number of rotatable bonds is 8. The Morgan fingerprint density at radius 2 is 1.54 bits per heavy atom. The Balaban J connectivity index is 1.80. The number of hydrogen-bond acceptors (Lipinski definition) is 3. The molecule has 0 radical (unpaired) electrons. The third-order valence-electron chi connectivity index (χ3n) is 3.58. The predicted molar refractivity (Wildman–Crippen MR) is 90.5 cm³/mol. The number of carboxylic acid groups (broad SMARTS) is 1. The van der Waals surface area contributed by atoms with Gasteiger partial charge in [-0.05, 0) is 23.5 Å². The number of ether oxygens (including phenoxy) is 1. The summed E-state index contributed by atoms with van der Waals surface area (Å²) in [5.74, 6) is -1.07. The summed E-state index contributed by atoms with van der Waals surface area (Å²) >= 11 is 0. The summed E-state index contributed by atoms with van der Waals surface area (Å²) in [5.41, 5.74) is 1.95. The molecule has 0 aliphatic carbocycles. The van der Waals surface area contributed by atoms with Crippen molar-refractivity contribution in [3.05, 3.63) is 71.8 Å². The van der Waals surface area contributed by atoms with Crippen LogP contribution in [0.4, 0.5) is 4.79 Å². The van der Waals surface area contributed by atoms with E-state index in [-0.39, 0.29) is 25.5 Å². The lowest BCUT2D eigenvalue weighted by molar-refractivity contribution is -0.138. The van der Waals surface area contributed by atoms with Crippen molar-refractivity contribution in [2.45, 2.75) is 19.4 Å². The number of carbonyl (C=O) groups excluding carboxylic acids is 1. The minimum absolute atomic E-state index is 0.00609. The predicted octanol–water partition coefficient (Wildman–Crippen LogP) is 3.25. The number of aliphatic carboxylic acids is 1. The van der Waals surface area contributed by atoms with Crippen LogP contribution >= 0.6 is 0 Å². The fourth-order valence-corrected chi connectivity index (χ4v) is 2.41. The molecular formula is C19H21NO4. The fraction of sp³-hybridized carbons (Fsp3) is 0.263. The van der Waals surface area contributed by atoms with Crippen LogP contribution in [-0.4, -0.2) is 23.7 Å². The monoisotopic (exact) mass is 327 g/mol. The molecule has 0 aromatic heterocycles. The van der Waals surface area contributed by atoms with E-state index in [1.54, 1.807) is 0 Å². The summed E-state index contributed by atoms with van der Waals surface area (Å²) in [6.45, 7) is 0.448. The second-order valence-corrected chi connectivity index (χ2v) is 5.60. The third kappa shape index (κ3) is 6.52. The standard InChI is InChI=1S/C19H21NO4/c21-18(22)12-17(11-15-7-3-1-4-8-15)13-20-19(23)24-14-16-9-5-2-6-10-16/h1-10,17H,11-14H2,(H,20,23)(H,21,22). The van der Waals surface area contributed by atoms with Gasteiger partial charge in [-0.2, -0.15) is 0 Å². The van der Waals surface area contributed by atoms with Crippen LogP contribution < -0.4 is 5.32 Å². The largest absolute Gasteiger partial charge is 0.481 e. The van der Waals surface area contributed by atoms with Crippen molar-refractivity contribution in [3.63, 3.8) is 0 Å². The van der Waals surface area contributed by atoms with E-state index in [4.69, 9.17) is 9.84 Å². The second-order valence-electron chi connectivity index (χ2n) is 5.60. The highest BCUT2D eigenvalue weighted by atomic mass is 16.5. The van der Waals surface area contributed by atoms with Crippen LogP contribution in [0.3, 0.4) is 0 Å². The molecule has 0 fully saturated rings. The molecule has 0 saturated carbocycles. The van der Waals surface area contributed by atoms with E-state index in [1.165, 1.54) is 0 Å². The number of carbonyl (C=O) groups is 2. The Morgan fingerprint density at radius 3 is 2.12 bits per heavy atom. The molecule has 1 atom stereocenters. The molecule has 1 amide bonds. The lowest BCUT2D eigenvalue weighted by Crippen LogP contribution is -2.31. The molecule has 2 aromatic rings. The second kappa shape index (κ2) is 9.35. The smallest absolute Gasteiger partial charge is 0.407 e. The molecule has 2 aromatic carbocycles. The zero-order chi connectivity index (χ0) is 17.2. The van der Waals surface area contributed by atoms with E-state index in [0.717, 1.165) is 11.1 Å². The molecular weight excluding hydrogens is 306 g/mol. The minimum atomic E-state index is -0.879. The van der Waals surface area contributed by atoms with Crippen LogP contribution in [0.15, 0.2) is 60.7 Å². The van der Waals surface area contributed by atoms with E-state index in [2.05, 4.69) is 5.32 Å². The molecule has 0 bridgehead atoms. The van der Waals surface area contributed by atoms with Gasteiger partial charge in [0.25, 0.3) is 0 Å². The summed E-state index contributed by atoms with van der Waals surface area (Å²) in [6, 6.07) is 19.0. The highest BCUT2D eigenvalue weighted by molar-refractivity contribution is 5.68. The molecule has 2 rings (SSSR count). The van der Waals surface area contributed by atoms with Crippen LogP contribution in [0.25, 0.3) is 0 Å². The van der Waals surface area contributed by atoms with Crippen LogP contribution in [0.1, 0.15) is 17.5 Å². The van der Waals surface area contributed by atoms with Gasteiger partial charge in [0, 0.05) is 6.54 Å². The lowest BCUT2D eigenvalue weighted by atomic mass is 9.96. The molecule has 24 heavy (non-hydrogen) atoms. The number of benzene rings is 2. The van der Waals surface area contributed by atoms with Gasteiger partial charge >= 0.3 is 12.1 Å². The number of carboxylic acids is 1. The zero-order valence-electron chi connectivity index (χ0n) is 13.4. The van der Waals surface area contributed by atoms with Crippen molar-refractivity contribution in [1.29, 1.82) is 0 Å². The first kappa shape index (κ1) is 17.5. The molecule has 126 valence electrons. The highest BCUT2D eigenvalue weighted by Crippen LogP contribution is 2.12. The number of alkyl carbamates (subject to hydrolysis) is 1. The summed E-state index contributed by atoms with van der Waals surface area (Å²) in [7, 11) is 0. The normalized spacial score (nSPS) is 11.5. The summed E-state index contributed by atoms with van der Waals surface area (Å²) in [5, 5.41) is 11.7. The molecule has 0 spiro atoms. The van der Waals surface area contributed by atoms with Gasteiger partial charge in [0.15, 0.2) is 0 Å². The van der Waals surface area contributed by atoms with Crippen molar-refractivity contribution in [1.82, 2.24) is 5.32 Å². The van der Waals surface area contributed by atoms with E-state index in [9.17, 15) is 9.59 Å². The van der Waals surface area contributed by atoms with Crippen LogP contribution in [0.2, 0.25) is 0 Å². The molecule has 5 heteroatoms. The first-order valence-corrected chi connectivity index (χ1v) is 7.83. The van der Waals surface area contributed by atoms with Crippen molar-refractivity contribution in [2.24, 2.45) is 5.92 Å².